The molecule has 2 aromatic carbocycles. The van der Waals surface area contributed by atoms with E-state index in [4.69, 9.17) is 17.0 Å². The number of thiocarbonyl (C=S) groups is 1. The van der Waals surface area contributed by atoms with Gasteiger partial charge in [-0.1, -0.05) is 13.0 Å². The van der Waals surface area contributed by atoms with Crippen molar-refractivity contribution in [2.75, 3.05) is 11.9 Å². The third kappa shape index (κ3) is 5.32. The van der Waals surface area contributed by atoms with Gasteiger partial charge in [-0.2, -0.15) is 0 Å². The number of anilines is 1. The van der Waals surface area contributed by atoms with Crippen molar-refractivity contribution in [3.8, 4) is 5.75 Å². The van der Waals surface area contributed by atoms with Crippen LogP contribution in [0.15, 0.2) is 46.9 Å². The van der Waals surface area contributed by atoms with Gasteiger partial charge >= 0.3 is 0 Å². The van der Waals surface area contributed by atoms with Crippen molar-refractivity contribution in [3.63, 3.8) is 0 Å². The van der Waals surface area contributed by atoms with Crippen molar-refractivity contribution in [2.45, 2.75) is 20.3 Å². The van der Waals surface area contributed by atoms with E-state index >= 15 is 0 Å². The average Bonchev–Trinajstić information content (AvgIpc) is 2.56. The van der Waals surface area contributed by atoms with Crippen LogP contribution in [0.1, 0.15) is 29.3 Å². The van der Waals surface area contributed by atoms with Gasteiger partial charge in [-0.15, -0.1) is 0 Å². The molecule has 0 aliphatic rings. The molecule has 24 heavy (non-hydrogen) atoms. The summed E-state index contributed by atoms with van der Waals surface area (Å²) in [6, 6.07) is 12.8. The minimum absolute atomic E-state index is 0.246. The van der Waals surface area contributed by atoms with Crippen LogP contribution >= 0.6 is 28.1 Å². The molecule has 0 aliphatic carbocycles. The summed E-state index contributed by atoms with van der Waals surface area (Å²) in [6.45, 7) is 4.70. The predicted octanol–water partition coefficient (Wildman–Crippen LogP) is 4.67. The van der Waals surface area contributed by atoms with Gasteiger partial charge in [0, 0.05) is 10.0 Å². The molecule has 0 unspecified atom stereocenters. The first-order valence-corrected chi connectivity index (χ1v) is 8.81. The Hall–Kier alpha value is -1.92. The van der Waals surface area contributed by atoms with E-state index in [1.54, 1.807) is 24.3 Å². The van der Waals surface area contributed by atoms with Gasteiger partial charge in [0.2, 0.25) is 0 Å². The van der Waals surface area contributed by atoms with Crippen molar-refractivity contribution in [1.29, 1.82) is 0 Å². The van der Waals surface area contributed by atoms with Crippen LogP contribution in [-0.2, 0) is 0 Å². The Morgan fingerprint density at radius 1 is 1.21 bits per heavy atom. The second kappa shape index (κ2) is 8.80. The largest absolute Gasteiger partial charge is 0.494 e. The highest BCUT2D eigenvalue weighted by molar-refractivity contribution is 9.10. The Balaban J connectivity index is 1.94. The van der Waals surface area contributed by atoms with Crippen molar-refractivity contribution < 1.29 is 9.53 Å². The van der Waals surface area contributed by atoms with Crippen LogP contribution < -0.4 is 15.4 Å². The Labute approximate surface area is 155 Å². The lowest BCUT2D eigenvalue weighted by atomic mass is 10.2. The number of aryl methyl sites for hydroxylation is 1. The first-order valence-electron chi connectivity index (χ1n) is 7.61. The molecule has 0 fully saturated rings. The van der Waals surface area contributed by atoms with E-state index in [1.165, 1.54) is 0 Å². The Kier molecular flexibility index (Phi) is 6.75. The molecule has 0 saturated heterocycles. The molecule has 0 saturated carbocycles. The van der Waals surface area contributed by atoms with Crippen molar-refractivity contribution in [1.82, 2.24) is 5.32 Å². The maximum Gasteiger partial charge on any atom is 0.257 e. The number of amides is 1. The molecule has 0 aromatic heterocycles. The zero-order valence-electron chi connectivity index (χ0n) is 13.6. The standard InChI is InChI=1S/C18H19BrN2O2S/c1-3-10-23-14-7-5-13(6-8-14)17(22)21-18(24)20-16-9-4-12(2)11-15(16)19/h4-9,11H,3,10H2,1-2H3,(H2,20,21,22,24). The van der Waals surface area contributed by atoms with Gasteiger partial charge in [-0.3, -0.25) is 10.1 Å². The molecular formula is C18H19BrN2O2S. The SMILES string of the molecule is CCCOc1ccc(C(=O)NC(=S)Nc2ccc(C)cc2Br)cc1. The normalized spacial score (nSPS) is 10.1. The highest BCUT2D eigenvalue weighted by atomic mass is 79.9. The Morgan fingerprint density at radius 2 is 1.92 bits per heavy atom. The van der Waals surface area contributed by atoms with Crippen LogP contribution in [0, 0.1) is 6.92 Å². The van der Waals surface area contributed by atoms with Gasteiger partial charge in [0.05, 0.1) is 12.3 Å². The quantitative estimate of drug-likeness (QED) is 0.708. The number of nitrogens with one attached hydrogen (secondary N) is 2. The maximum atomic E-state index is 12.2. The van der Waals surface area contributed by atoms with Gasteiger partial charge in [-0.25, -0.2) is 0 Å². The van der Waals surface area contributed by atoms with Crippen molar-refractivity contribution >= 4 is 44.9 Å². The summed E-state index contributed by atoms with van der Waals surface area (Å²) in [4.78, 5) is 12.2. The summed E-state index contributed by atoms with van der Waals surface area (Å²) in [6.07, 6.45) is 0.941. The van der Waals surface area contributed by atoms with Crippen LogP contribution in [0.3, 0.4) is 0 Å². The maximum absolute atomic E-state index is 12.2. The van der Waals surface area contributed by atoms with Crippen LogP contribution in [-0.4, -0.2) is 17.6 Å². The van der Waals surface area contributed by atoms with E-state index in [-0.39, 0.29) is 11.0 Å². The number of carbonyl (C=O) groups excluding carboxylic acids is 1. The highest BCUT2D eigenvalue weighted by Crippen LogP contribution is 2.23. The lowest BCUT2D eigenvalue weighted by Crippen LogP contribution is -2.34. The molecule has 0 atom stereocenters. The molecule has 6 heteroatoms. The van der Waals surface area contributed by atoms with Crippen LogP contribution in [0.5, 0.6) is 5.75 Å². The third-order valence-electron chi connectivity index (χ3n) is 3.19. The first kappa shape index (κ1) is 18.4. The monoisotopic (exact) mass is 406 g/mol. The lowest BCUT2D eigenvalue weighted by Gasteiger charge is -2.12. The molecule has 0 heterocycles. The summed E-state index contributed by atoms with van der Waals surface area (Å²) < 4.78 is 6.38. The minimum Gasteiger partial charge on any atom is -0.494 e. The first-order chi connectivity index (χ1) is 11.5. The number of ether oxygens (including phenoxy) is 1. The van der Waals surface area contributed by atoms with Crippen molar-refractivity contribution in [2.24, 2.45) is 0 Å². The summed E-state index contributed by atoms with van der Waals surface area (Å²) in [7, 11) is 0. The van der Waals surface area contributed by atoms with Gasteiger partial charge in [-0.05, 0) is 83.5 Å². The zero-order valence-corrected chi connectivity index (χ0v) is 16.0. The molecule has 2 rings (SSSR count). The summed E-state index contributed by atoms with van der Waals surface area (Å²) >= 11 is 8.67. The van der Waals surface area contributed by atoms with Gasteiger partial charge in [0.15, 0.2) is 5.11 Å². The Morgan fingerprint density at radius 3 is 2.54 bits per heavy atom. The fraction of sp³-hybridized carbons (Fsp3) is 0.222. The second-order valence-corrected chi connectivity index (χ2v) is 6.53. The van der Waals surface area contributed by atoms with E-state index in [9.17, 15) is 4.79 Å². The predicted molar refractivity (Wildman–Crippen MR) is 105 cm³/mol. The number of rotatable bonds is 5. The van der Waals surface area contributed by atoms with Crippen LogP contribution in [0.4, 0.5) is 5.69 Å². The molecule has 2 aromatic rings. The summed E-state index contributed by atoms with van der Waals surface area (Å²) in [5.74, 6) is 0.482. The minimum atomic E-state index is -0.266. The number of benzene rings is 2. The Bertz CT molecular complexity index is 732. The fourth-order valence-electron chi connectivity index (χ4n) is 1.97. The molecule has 1 amide bonds. The van der Waals surface area contributed by atoms with E-state index in [0.717, 1.165) is 27.9 Å². The summed E-state index contributed by atoms with van der Waals surface area (Å²) in [5, 5.41) is 5.92. The average molecular weight is 407 g/mol. The summed E-state index contributed by atoms with van der Waals surface area (Å²) in [5.41, 5.74) is 2.45. The molecular weight excluding hydrogens is 388 g/mol. The van der Waals surface area contributed by atoms with E-state index < -0.39 is 0 Å². The highest BCUT2D eigenvalue weighted by Gasteiger charge is 2.09. The number of carbonyl (C=O) groups is 1. The molecule has 0 aliphatic heterocycles. The lowest BCUT2D eigenvalue weighted by molar-refractivity contribution is 0.0977. The number of hydrogen-bond donors (Lipinski definition) is 2. The zero-order chi connectivity index (χ0) is 17.5. The van der Waals surface area contributed by atoms with Gasteiger partial charge in [0.1, 0.15) is 5.75 Å². The van der Waals surface area contributed by atoms with Gasteiger partial charge < -0.3 is 10.1 Å². The smallest absolute Gasteiger partial charge is 0.257 e. The second-order valence-electron chi connectivity index (χ2n) is 5.26. The molecule has 2 N–H and O–H groups in total. The van der Waals surface area contributed by atoms with Crippen molar-refractivity contribution in [3.05, 3.63) is 58.1 Å². The van der Waals surface area contributed by atoms with E-state index in [0.29, 0.717) is 12.2 Å². The molecule has 0 radical (unpaired) electrons. The molecule has 126 valence electrons. The van der Waals surface area contributed by atoms with E-state index in [1.807, 2.05) is 32.0 Å². The third-order valence-corrected chi connectivity index (χ3v) is 4.05. The van der Waals surface area contributed by atoms with Crippen LogP contribution in [0.2, 0.25) is 0 Å². The molecule has 0 spiro atoms. The molecule has 4 nitrogen and oxygen atoms in total. The topological polar surface area (TPSA) is 50.4 Å². The fourth-order valence-corrected chi connectivity index (χ4v) is 2.77. The number of halogens is 1. The molecule has 0 bridgehead atoms. The van der Waals surface area contributed by atoms with E-state index in [2.05, 4.69) is 26.6 Å². The number of hydrogen-bond acceptors (Lipinski definition) is 3. The van der Waals surface area contributed by atoms with Crippen LogP contribution in [0.25, 0.3) is 0 Å². The van der Waals surface area contributed by atoms with Gasteiger partial charge in [0.25, 0.3) is 5.91 Å².